The van der Waals surface area contributed by atoms with Gasteiger partial charge in [0.1, 0.15) is 6.23 Å². The average molecular weight is 350 g/mol. The Morgan fingerprint density at radius 3 is 2.64 bits per heavy atom. The van der Waals surface area contributed by atoms with Crippen molar-refractivity contribution in [1.82, 2.24) is 9.55 Å². The predicted molar refractivity (Wildman–Crippen MR) is 62.8 cm³/mol. The van der Waals surface area contributed by atoms with Crippen molar-refractivity contribution >= 4 is 7.82 Å². The van der Waals surface area contributed by atoms with Crippen molar-refractivity contribution in [2.45, 2.75) is 32.1 Å². The molecule has 22 heavy (non-hydrogen) atoms. The molecule has 0 radical (unpaired) electrons. The van der Waals surface area contributed by atoms with Crippen LogP contribution in [0.5, 0.6) is 0 Å². The van der Waals surface area contributed by atoms with Crippen molar-refractivity contribution in [3.8, 4) is 0 Å². The fourth-order valence-electron chi connectivity index (χ4n) is 1.99. The van der Waals surface area contributed by atoms with E-state index in [0.717, 1.165) is 0 Å². The summed E-state index contributed by atoms with van der Waals surface area (Å²) >= 11 is 0. The number of phosphoric acid groups is 1. The van der Waals surface area contributed by atoms with Crippen molar-refractivity contribution in [2.75, 3.05) is 6.61 Å². The van der Waals surface area contributed by atoms with Gasteiger partial charge in [0.05, 0.1) is 20.5 Å². The number of H-pyrrole nitrogens is 1. The second-order valence-corrected chi connectivity index (χ2v) is 5.66. The molecule has 1 saturated heterocycles. The van der Waals surface area contributed by atoms with Gasteiger partial charge in [-0.2, -0.15) is 0 Å². The molecule has 1 fully saturated rings. The molecule has 1 N–H and O–H groups in total. The summed E-state index contributed by atoms with van der Waals surface area (Å²) in [7, 11) is -5.03. The van der Waals surface area contributed by atoms with Gasteiger partial charge < -0.3 is 23.6 Å². The van der Waals surface area contributed by atoms with Crippen LogP contribution >= 0.6 is 7.82 Å². The van der Waals surface area contributed by atoms with E-state index in [9.17, 15) is 23.9 Å². The topological polar surface area (TPSA) is 137 Å². The minimum atomic E-state index is -5.03. The zero-order chi connectivity index (χ0) is 14.9. The Hall–Kier alpha value is 0.750. The van der Waals surface area contributed by atoms with E-state index in [-0.39, 0.29) is 65.7 Å². The van der Waals surface area contributed by atoms with E-state index in [0.29, 0.717) is 18.4 Å². The second-order valence-electron chi connectivity index (χ2n) is 4.51. The van der Waals surface area contributed by atoms with E-state index in [1.807, 2.05) is 0 Å². The Labute approximate surface area is 170 Å². The van der Waals surface area contributed by atoms with Crippen LogP contribution in [0.4, 0.5) is 0 Å². The third-order valence-corrected chi connectivity index (χ3v) is 3.43. The number of aryl methyl sites for hydroxylation is 1. The molecule has 1 aromatic heterocycles. The molecule has 1 aliphatic rings. The summed E-state index contributed by atoms with van der Waals surface area (Å²) in [5.74, 6) is 0. The molecule has 1 aliphatic heterocycles. The van der Waals surface area contributed by atoms with Gasteiger partial charge in [-0.15, -0.1) is 0 Å². The first-order valence-corrected chi connectivity index (χ1v) is 7.36. The third kappa shape index (κ3) is 6.33. The van der Waals surface area contributed by atoms with Crippen LogP contribution in [0.25, 0.3) is 0 Å². The van der Waals surface area contributed by atoms with Gasteiger partial charge in [0.25, 0.3) is 5.56 Å². The summed E-state index contributed by atoms with van der Waals surface area (Å²) in [6.45, 7) is 1.17. The molecule has 2 rings (SSSR count). The van der Waals surface area contributed by atoms with Gasteiger partial charge in [-0.3, -0.25) is 14.3 Å². The normalized spacial score (nSPS) is 21.0. The standard InChI is InChI=1S/C10H15N2O7P.2Na/c1-6-4-12(10(14)11-9(6)13)8-3-2-7(19-8)5-18-20(15,16)17;;/h4,7-8H,2-3,5H2,1H3,(H,11,13,14)(H2,15,16,17);;/q;2*+1/p-2. The molecule has 112 valence electrons. The van der Waals surface area contributed by atoms with Gasteiger partial charge >= 0.3 is 64.8 Å². The van der Waals surface area contributed by atoms with Crippen LogP contribution in [-0.2, 0) is 13.8 Å². The zero-order valence-electron chi connectivity index (χ0n) is 12.6. The van der Waals surface area contributed by atoms with E-state index in [1.165, 1.54) is 10.8 Å². The first kappa shape index (κ1) is 22.8. The number of hydrogen-bond donors (Lipinski definition) is 1. The number of nitrogens with zero attached hydrogens (tertiary/aromatic N) is 1. The largest absolute Gasteiger partial charge is 1.00 e. The second kappa shape index (κ2) is 9.29. The molecule has 0 amide bonds. The van der Waals surface area contributed by atoms with Crippen LogP contribution in [0.3, 0.4) is 0 Å². The first-order chi connectivity index (χ1) is 9.26. The van der Waals surface area contributed by atoms with Crippen LogP contribution in [0.2, 0.25) is 0 Å². The van der Waals surface area contributed by atoms with E-state index >= 15 is 0 Å². The third-order valence-electron chi connectivity index (χ3n) is 2.96. The number of hydrogen-bond acceptors (Lipinski definition) is 7. The van der Waals surface area contributed by atoms with Crippen LogP contribution in [0.1, 0.15) is 24.6 Å². The number of ether oxygens (including phenoxy) is 1. The van der Waals surface area contributed by atoms with Crippen molar-refractivity contribution in [3.05, 3.63) is 32.6 Å². The summed E-state index contributed by atoms with van der Waals surface area (Å²) in [4.78, 5) is 45.8. The summed E-state index contributed by atoms with van der Waals surface area (Å²) in [6, 6.07) is 0. The van der Waals surface area contributed by atoms with Gasteiger partial charge in [-0.25, -0.2) is 4.79 Å². The Bertz CT molecular complexity index is 655. The molecule has 0 aliphatic carbocycles. The number of aromatic amines is 1. The summed E-state index contributed by atoms with van der Waals surface area (Å²) in [5, 5.41) is 0. The van der Waals surface area contributed by atoms with Crippen molar-refractivity contribution in [2.24, 2.45) is 0 Å². The molecule has 2 atom stereocenters. The molecular formula is C10H13N2Na2O7P. The van der Waals surface area contributed by atoms with E-state index in [2.05, 4.69) is 9.51 Å². The maximum Gasteiger partial charge on any atom is 1.00 e. The number of aromatic nitrogens is 2. The summed E-state index contributed by atoms with van der Waals surface area (Å²) in [5.41, 5.74) is -0.718. The predicted octanol–water partition coefficient (Wildman–Crippen LogP) is -7.62. The van der Waals surface area contributed by atoms with Gasteiger partial charge in [0.15, 0.2) is 0 Å². The molecule has 2 heterocycles. The van der Waals surface area contributed by atoms with Crippen LogP contribution in [-0.4, -0.2) is 22.3 Å². The number of nitrogens with one attached hydrogen (secondary N) is 1. The smallest absolute Gasteiger partial charge is 0.790 e. The van der Waals surface area contributed by atoms with Gasteiger partial charge in [-0.05, 0) is 19.8 Å². The maximum atomic E-state index is 11.7. The minimum absolute atomic E-state index is 0. The van der Waals surface area contributed by atoms with Crippen molar-refractivity contribution in [3.63, 3.8) is 0 Å². The fourth-order valence-corrected chi connectivity index (χ4v) is 2.34. The SMILES string of the molecule is Cc1cn(C2CCC(COP(=O)([O-])[O-])O2)c(=O)[nH]c1=O.[Na+].[Na+]. The molecule has 9 nitrogen and oxygen atoms in total. The number of phosphoric ester groups is 1. The Balaban J connectivity index is 0.00000220. The summed E-state index contributed by atoms with van der Waals surface area (Å²) in [6.07, 6.45) is 1.05. The molecule has 0 saturated carbocycles. The van der Waals surface area contributed by atoms with E-state index in [1.54, 1.807) is 6.92 Å². The van der Waals surface area contributed by atoms with Gasteiger partial charge in [0.2, 0.25) is 0 Å². The van der Waals surface area contributed by atoms with Gasteiger partial charge in [-0.1, -0.05) is 0 Å². The molecule has 1 aromatic rings. The minimum Gasteiger partial charge on any atom is -0.790 e. The Morgan fingerprint density at radius 2 is 2.05 bits per heavy atom. The average Bonchev–Trinajstić information content (AvgIpc) is 2.79. The number of rotatable bonds is 4. The van der Waals surface area contributed by atoms with Gasteiger partial charge in [0, 0.05) is 11.8 Å². The molecule has 2 unspecified atom stereocenters. The molecule has 12 heteroatoms. The molecule has 0 spiro atoms. The zero-order valence-corrected chi connectivity index (χ0v) is 17.5. The monoisotopic (exact) mass is 350 g/mol. The van der Waals surface area contributed by atoms with Crippen LogP contribution in [0, 0.1) is 6.92 Å². The summed E-state index contributed by atoms with van der Waals surface area (Å²) < 4.78 is 21.2. The first-order valence-electron chi connectivity index (χ1n) is 5.90. The van der Waals surface area contributed by atoms with Crippen molar-refractivity contribution in [1.29, 1.82) is 0 Å². The van der Waals surface area contributed by atoms with Crippen molar-refractivity contribution < 1.29 is 82.7 Å². The maximum absolute atomic E-state index is 11.7. The van der Waals surface area contributed by atoms with E-state index in [4.69, 9.17) is 4.74 Å². The Morgan fingerprint density at radius 1 is 1.41 bits per heavy atom. The van der Waals surface area contributed by atoms with Crippen LogP contribution in [0.15, 0.2) is 15.8 Å². The quantitative estimate of drug-likeness (QED) is 0.421. The van der Waals surface area contributed by atoms with E-state index < -0.39 is 31.4 Å². The molecule has 0 aromatic carbocycles. The Kier molecular flexibility index (Phi) is 9.61. The molecular weight excluding hydrogens is 337 g/mol. The van der Waals surface area contributed by atoms with Crippen LogP contribution < -0.4 is 80.2 Å². The fraction of sp³-hybridized carbons (Fsp3) is 0.600. The molecule has 0 bridgehead atoms.